The van der Waals surface area contributed by atoms with Crippen LogP contribution < -0.4 is 15.2 Å². The van der Waals surface area contributed by atoms with Gasteiger partial charge in [0.2, 0.25) is 5.88 Å². The average molecular weight is 428 g/mol. The lowest BCUT2D eigenvalue weighted by molar-refractivity contribution is -0.134. The van der Waals surface area contributed by atoms with Gasteiger partial charge in [-0.3, -0.25) is 4.79 Å². The van der Waals surface area contributed by atoms with Gasteiger partial charge in [0.15, 0.2) is 6.61 Å². The number of carbonyl (C=O) groups excluding carboxylic acids is 1. The highest BCUT2D eigenvalue weighted by Crippen LogP contribution is 2.23. The van der Waals surface area contributed by atoms with E-state index in [1.165, 1.54) is 0 Å². The van der Waals surface area contributed by atoms with E-state index in [1.54, 1.807) is 36.5 Å². The summed E-state index contributed by atoms with van der Waals surface area (Å²) in [5, 5.41) is 0. The fourth-order valence-corrected chi connectivity index (χ4v) is 3.04. The van der Waals surface area contributed by atoms with Crippen molar-refractivity contribution in [2.75, 3.05) is 19.7 Å². The van der Waals surface area contributed by atoms with Gasteiger partial charge in [-0.1, -0.05) is 6.07 Å². The third-order valence-electron chi connectivity index (χ3n) is 4.68. The molecule has 1 saturated heterocycles. The first-order valence-electron chi connectivity index (χ1n) is 8.97. The largest absolute Gasteiger partial charge is 0.484 e. The molecular formula is C20H27Cl2N3O3. The summed E-state index contributed by atoms with van der Waals surface area (Å²) in [6, 6.07) is 12.8. The Hall–Kier alpha value is -2.02. The SMILES string of the molecule is CC(N)C1CCN(C(=O)COc2ccc(Oc3ccccn3)cc2)CC1.Cl.Cl. The highest BCUT2D eigenvalue weighted by atomic mass is 35.5. The fourth-order valence-electron chi connectivity index (χ4n) is 3.04. The van der Waals surface area contributed by atoms with E-state index in [0.717, 1.165) is 25.9 Å². The molecule has 8 heteroatoms. The second-order valence-electron chi connectivity index (χ2n) is 6.61. The maximum absolute atomic E-state index is 12.3. The summed E-state index contributed by atoms with van der Waals surface area (Å²) >= 11 is 0. The summed E-state index contributed by atoms with van der Waals surface area (Å²) in [7, 11) is 0. The van der Waals surface area contributed by atoms with Gasteiger partial charge in [0.1, 0.15) is 11.5 Å². The van der Waals surface area contributed by atoms with Crippen molar-refractivity contribution >= 4 is 30.7 Å². The third-order valence-corrected chi connectivity index (χ3v) is 4.68. The maximum Gasteiger partial charge on any atom is 0.260 e. The number of pyridine rings is 1. The van der Waals surface area contributed by atoms with E-state index in [9.17, 15) is 4.79 Å². The van der Waals surface area contributed by atoms with Crippen LogP contribution in [0.1, 0.15) is 19.8 Å². The monoisotopic (exact) mass is 427 g/mol. The van der Waals surface area contributed by atoms with Crippen molar-refractivity contribution in [3.8, 4) is 17.4 Å². The number of nitrogens with zero attached hydrogens (tertiary/aromatic N) is 2. The van der Waals surface area contributed by atoms with Crippen molar-refractivity contribution in [1.82, 2.24) is 9.88 Å². The van der Waals surface area contributed by atoms with Gasteiger partial charge in [0.25, 0.3) is 5.91 Å². The smallest absolute Gasteiger partial charge is 0.260 e. The number of benzene rings is 1. The molecule has 0 spiro atoms. The number of piperidine rings is 1. The number of ether oxygens (including phenoxy) is 2. The number of rotatable bonds is 6. The predicted molar refractivity (Wildman–Crippen MR) is 114 cm³/mol. The number of hydrogen-bond acceptors (Lipinski definition) is 5. The van der Waals surface area contributed by atoms with Gasteiger partial charge < -0.3 is 20.1 Å². The average Bonchev–Trinajstić information content (AvgIpc) is 2.68. The highest BCUT2D eigenvalue weighted by Gasteiger charge is 2.24. The molecule has 154 valence electrons. The minimum atomic E-state index is 0. The topological polar surface area (TPSA) is 77.7 Å². The Labute approximate surface area is 178 Å². The Kier molecular flexibility index (Phi) is 10.1. The van der Waals surface area contributed by atoms with E-state index in [2.05, 4.69) is 4.98 Å². The van der Waals surface area contributed by atoms with Crippen LogP contribution in [0.2, 0.25) is 0 Å². The lowest BCUT2D eigenvalue weighted by atomic mass is 9.91. The molecule has 1 fully saturated rings. The third kappa shape index (κ3) is 6.86. The van der Waals surface area contributed by atoms with E-state index in [1.807, 2.05) is 24.0 Å². The van der Waals surface area contributed by atoms with E-state index in [-0.39, 0.29) is 43.4 Å². The Morgan fingerprint density at radius 3 is 2.36 bits per heavy atom. The summed E-state index contributed by atoms with van der Waals surface area (Å²) in [5.41, 5.74) is 5.94. The van der Waals surface area contributed by atoms with Crippen LogP contribution in [0.15, 0.2) is 48.7 Å². The molecule has 1 unspecified atom stereocenters. The first-order valence-corrected chi connectivity index (χ1v) is 8.97. The summed E-state index contributed by atoms with van der Waals surface area (Å²) in [6.45, 7) is 3.59. The molecule has 1 aliphatic heterocycles. The molecule has 2 aromatic rings. The Morgan fingerprint density at radius 1 is 1.14 bits per heavy atom. The number of amides is 1. The number of likely N-dealkylation sites (tertiary alicyclic amines) is 1. The summed E-state index contributed by atoms with van der Waals surface area (Å²) < 4.78 is 11.2. The minimum absolute atomic E-state index is 0. The number of hydrogen-bond donors (Lipinski definition) is 1. The summed E-state index contributed by atoms with van der Waals surface area (Å²) in [5.74, 6) is 2.36. The molecule has 1 aromatic heterocycles. The van der Waals surface area contributed by atoms with Gasteiger partial charge in [0, 0.05) is 31.4 Å². The first-order chi connectivity index (χ1) is 12.6. The van der Waals surface area contributed by atoms with Gasteiger partial charge in [-0.25, -0.2) is 4.98 Å². The lowest BCUT2D eigenvalue weighted by Gasteiger charge is -2.33. The van der Waals surface area contributed by atoms with Gasteiger partial charge in [0.05, 0.1) is 0 Å². The number of aromatic nitrogens is 1. The lowest BCUT2D eigenvalue weighted by Crippen LogP contribution is -2.44. The standard InChI is InChI=1S/C20H25N3O3.2ClH/c1-15(21)16-9-12-23(13-10-16)20(24)14-25-17-5-7-18(8-6-17)26-19-4-2-3-11-22-19;;/h2-8,11,15-16H,9-10,12-14,21H2,1H3;2*1H. The second kappa shape index (κ2) is 11.7. The van der Waals surface area contributed by atoms with Crippen LogP contribution in [-0.2, 0) is 4.79 Å². The molecule has 2 heterocycles. The summed E-state index contributed by atoms with van der Waals surface area (Å²) in [4.78, 5) is 18.3. The molecule has 1 aromatic carbocycles. The van der Waals surface area contributed by atoms with Crippen LogP contribution in [0.4, 0.5) is 0 Å². The van der Waals surface area contributed by atoms with Crippen molar-refractivity contribution < 1.29 is 14.3 Å². The maximum atomic E-state index is 12.3. The van der Waals surface area contributed by atoms with Gasteiger partial charge in [-0.15, -0.1) is 24.8 Å². The van der Waals surface area contributed by atoms with E-state index >= 15 is 0 Å². The van der Waals surface area contributed by atoms with Crippen LogP contribution in [-0.4, -0.2) is 41.5 Å². The van der Waals surface area contributed by atoms with Crippen molar-refractivity contribution in [2.45, 2.75) is 25.8 Å². The summed E-state index contributed by atoms with van der Waals surface area (Å²) in [6.07, 6.45) is 3.60. The molecule has 1 aliphatic rings. The predicted octanol–water partition coefficient (Wildman–Crippen LogP) is 3.68. The van der Waals surface area contributed by atoms with Crippen LogP contribution in [0.25, 0.3) is 0 Å². The van der Waals surface area contributed by atoms with Crippen LogP contribution in [0.5, 0.6) is 17.4 Å². The van der Waals surface area contributed by atoms with Crippen molar-refractivity contribution in [1.29, 1.82) is 0 Å². The molecule has 1 amide bonds. The quantitative estimate of drug-likeness (QED) is 0.760. The van der Waals surface area contributed by atoms with Gasteiger partial charge in [-0.05, 0) is 56.0 Å². The van der Waals surface area contributed by atoms with Crippen molar-refractivity contribution in [3.63, 3.8) is 0 Å². The Morgan fingerprint density at radius 2 is 1.79 bits per heavy atom. The Bertz CT molecular complexity index is 706. The normalized spacial score (nSPS) is 15.0. The molecule has 1 atom stereocenters. The highest BCUT2D eigenvalue weighted by molar-refractivity contribution is 5.85. The number of nitrogens with two attached hydrogens (primary N) is 1. The second-order valence-corrected chi connectivity index (χ2v) is 6.61. The Balaban J connectivity index is 0.00000196. The number of carbonyl (C=O) groups is 1. The zero-order valence-corrected chi connectivity index (χ0v) is 17.5. The van der Waals surface area contributed by atoms with E-state index < -0.39 is 0 Å². The zero-order chi connectivity index (χ0) is 18.4. The number of halogens is 2. The fraction of sp³-hybridized carbons (Fsp3) is 0.400. The molecular weight excluding hydrogens is 401 g/mol. The first kappa shape index (κ1) is 24.0. The van der Waals surface area contributed by atoms with Crippen LogP contribution in [0.3, 0.4) is 0 Å². The zero-order valence-electron chi connectivity index (χ0n) is 15.8. The van der Waals surface area contributed by atoms with Crippen LogP contribution >= 0.6 is 24.8 Å². The van der Waals surface area contributed by atoms with E-state index in [4.69, 9.17) is 15.2 Å². The minimum Gasteiger partial charge on any atom is -0.484 e. The molecule has 2 N–H and O–H groups in total. The molecule has 0 radical (unpaired) electrons. The van der Waals surface area contributed by atoms with Gasteiger partial charge in [-0.2, -0.15) is 0 Å². The molecule has 6 nitrogen and oxygen atoms in total. The van der Waals surface area contributed by atoms with Gasteiger partial charge >= 0.3 is 0 Å². The van der Waals surface area contributed by atoms with Crippen molar-refractivity contribution in [2.24, 2.45) is 11.7 Å². The van der Waals surface area contributed by atoms with Crippen molar-refractivity contribution in [3.05, 3.63) is 48.7 Å². The molecule has 3 rings (SSSR count). The van der Waals surface area contributed by atoms with E-state index in [0.29, 0.717) is 23.3 Å². The molecule has 0 saturated carbocycles. The molecule has 0 bridgehead atoms. The molecule has 28 heavy (non-hydrogen) atoms. The van der Waals surface area contributed by atoms with Crippen LogP contribution in [0, 0.1) is 5.92 Å². The molecule has 0 aliphatic carbocycles.